The average molecular weight is 155 g/mol. The van der Waals surface area contributed by atoms with Gasteiger partial charge in [-0.05, 0) is 30.1 Å². The Bertz CT molecular complexity index is 142. The van der Waals surface area contributed by atoms with Crippen molar-refractivity contribution in [2.24, 2.45) is 22.5 Å². The van der Waals surface area contributed by atoms with Crippen LogP contribution in [0.1, 0.15) is 41.0 Å². The van der Waals surface area contributed by atoms with Gasteiger partial charge >= 0.3 is 0 Å². The minimum Gasteiger partial charge on any atom is -0.328 e. The molecule has 0 amide bonds. The van der Waals surface area contributed by atoms with Crippen LogP contribution in [0.15, 0.2) is 0 Å². The highest BCUT2D eigenvalue weighted by atomic mass is 14.7. The van der Waals surface area contributed by atoms with E-state index < -0.39 is 0 Å². The van der Waals surface area contributed by atoms with Crippen LogP contribution in [-0.2, 0) is 0 Å². The van der Waals surface area contributed by atoms with Crippen molar-refractivity contribution < 1.29 is 0 Å². The lowest BCUT2D eigenvalue weighted by atomic mass is 10.0. The van der Waals surface area contributed by atoms with E-state index in [1.807, 2.05) is 0 Å². The highest BCUT2D eigenvalue weighted by Crippen LogP contribution is 2.69. The molecule has 1 aliphatic carbocycles. The van der Waals surface area contributed by atoms with E-state index in [0.717, 1.165) is 5.92 Å². The fourth-order valence-corrected chi connectivity index (χ4v) is 2.29. The fraction of sp³-hybridized carbons (Fsp3) is 1.00. The molecule has 0 saturated heterocycles. The van der Waals surface area contributed by atoms with E-state index in [0.29, 0.717) is 16.9 Å². The summed E-state index contributed by atoms with van der Waals surface area (Å²) < 4.78 is 0. The molecule has 0 spiro atoms. The normalized spacial score (nSPS) is 30.0. The molecule has 1 fully saturated rings. The summed E-state index contributed by atoms with van der Waals surface area (Å²) in [5.74, 6) is 0.829. The molecule has 0 radical (unpaired) electrons. The maximum absolute atomic E-state index is 5.78. The number of hydrogen-bond acceptors (Lipinski definition) is 1. The minimum absolute atomic E-state index is 0.362. The SMILES string of the molecule is C[C@H](N)CC1C(C)(C)C1(C)C. The van der Waals surface area contributed by atoms with E-state index in [4.69, 9.17) is 5.73 Å². The molecule has 1 aliphatic rings. The first-order valence-corrected chi connectivity index (χ1v) is 4.55. The zero-order valence-corrected chi connectivity index (χ0v) is 8.44. The van der Waals surface area contributed by atoms with Crippen LogP contribution in [0.5, 0.6) is 0 Å². The van der Waals surface area contributed by atoms with Gasteiger partial charge in [0.1, 0.15) is 0 Å². The monoisotopic (exact) mass is 155 g/mol. The first-order chi connectivity index (χ1) is 4.80. The third-order valence-electron chi connectivity index (χ3n) is 3.93. The van der Waals surface area contributed by atoms with Crippen molar-refractivity contribution in [3.05, 3.63) is 0 Å². The summed E-state index contributed by atoms with van der Waals surface area (Å²) in [5, 5.41) is 0. The molecule has 11 heavy (non-hydrogen) atoms. The standard InChI is InChI=1S/C10H21N/c1-7(11)6-8-9(2,3)10(8,4)5/h7-8H,6,11H2,1-5H3/t7-/m0/s1. The Labute approximate surface area is 70.4 Å². The fourth-order valence-electron chi connectivity index (χ4n) is 2.29. The molecule has 66 valence electrons. The van der Waals surface area contributed by atoms with Crippen molar-refractivity contribution in [3.8, 4) is 0 Å². The highest BCUT2D eigenvalue weighted by molar-refractivity contribution is 5.12. The van der Waals surface area contributed by atoms with Crippen LogP contribution in [0, 0.1) is 16.7 Å². The van der Waals surface area contributed by atoms with Crippen LogP contribution in [0.3, 0.4) is 0 Å². The van der Waals surface area contributed by atoms with Gasteiger partial charge in [-0.15, -0.1) is 0 Å². The lowest BCUT2D eigenvalue weighted by molar-refractivity contribution is 0.457. The van der Waals surface area contributed by atoms with Gasteiger partial charge in [-0.25, -0.2) is 0 Å². The van der Waals surface area contributed by atoms with E-state index in [2.05, 4.69) is 34.6 Å². The first-order valence-electron chi connectivity index (χ1n) is 4.55. The Morgan fingerprint density at radius 2 is 1.55 bits per heavy atom. The molecule has 0 heterocycles. The molecule has 0 aromatic rings. The Balaban J connectivity index is 2.54. The lowest BCUT2D eigenvalue weighted by Gasteiger charge is -2.05. The topological polar surface area (TPSA) is 26.0 Å². The summed E-state index contributed by atoms with van der Waals surface area (Å²) >= 11 is 0. The molecule has 2 N–H and O–H groups in total. The predicted octanol–water partition coefficient (Wildman–Crippen LogP) is 2.41. The van der Waals surface area contributed by atoms with Gasteiger partial charge in [0.15, 0.2) is 0 Å². The summed E-state index contributed by atoms with van der Waals surface area (Å²) in [6, 6.07) is 0.362. The Morgan fingerprint density at radius 3 is 1.64 bits per heavy atom. The van der Waals surface area contributed by atoms with Crippen molar-refractivity contribution in [1.82, 2.24) is 0 Å². The smallest absolute Gasteiger partial charge is 0.00135 e. The van der Waals surface area contributed by atoms with Gasteiger partial charge < -0.3 is 5.73 Å². The largest absolute Gasteiger partial charge is 0.328 e. The Hall–Kier alpha value is -0.0400. The quantitative estimate of drug-likeness (QED) is 0.651. The van der Waals surface area contributed by atoms with Crippen LogP contribution < -0.4 is 5.73 Å². The third-order valence-corrected chi connectivity index (χ3v) is 3.93. The summed E-state index contributed by atoms with van der Waals surface area (Å²) in [4.78, 5) is 0. The Morgan fingerprint density at radius 1 is 1.18 bits per heavy atom. The Kier molecular flexibility index (Phi) is 1.83. The van der Waals surface area contributed by atoms with Crippen LogP contribution >= 0.6 is 0 Å². The molecular weight excluding hydrogens is 134 g/mol. The third kappa shape index (κ3) is 1.20. The van der Waals surface area contributed by atoms with Gasteiger partial charge in [-0.1, -0.05) is 27.7 Å². The molecule has 0 aromatic heterocycles. The summed E-state index contributed by atoms with van der Waals surface area (Å²) in [6.45, 7) is 11.5. The number of nitrogens with two attached hydrogens (primary N) is 1. The van der Waals surface area contributed by atoms with E-state index in [9.17, 15) is 0 Å². The maximum atomic E-state index is 5.78. The van der Waals surface area contributed by atoms with Gasteiger partial charge in [0.25, 0.3) is 0 Å². The molecule has 1 atom stereocenters. The van der Waals surface area contributed by atoms with Crippen molar-refractivity contribution in [2.45, 2.75) is 47.1 Å². The molecule has 1 rings (SSSR count). The van der Waals surface area contributed by atoms with Crippen molar-refractivity contribution in [3.63, 3.8) is 0 Å². The predicted molar refractivity (Wildman–Crippen MR) is 49.3 cm³/mol. The average Bonchev–Trinajstić information content (AvgIpc) is 2.11. The molecule has 0 aliphatic heterocycles. The zero-order valence-electron chi connectivity index (χ0n) is 8.44. The van der Waals surface area contributed by atoms with E-state index in [-0.39, 0.29) is 0 Å². The van der Waals surface area contributed by atoms with E-state index in [1.165, 1.54) is 6.42 Å². The van der Waals surface area contributed by atoms with Crippen molar-refractivity contribution >= 4 is 0 Å². The second-order valence-corrected chi connectivity index (χ2v) is 5.21. The van der Waals surface area contributed by atoms with Gasteiger partial charge in [0, 0.05) is 6.04 Å². The molecule has 1 heteroatoms. The molecule has 0 aromatic carbocycles. The van der Waals surface area contributed by atoms with Crippen molar-refractivity contribution in [1.29, 1.82) is 0 Å². The first kappa shape index (κ1) is 9.05. The van der Waals surface area contributed by atoms with Crippen LogP contribution in [0.2, 0.25) is 0 Å². The van der Waals surface area contributed by atoms with Gasteiger partial charge in [0.2, 0.25) is 0 Å². The van der Waals surface area contributed by atoms with Crippen molar-refractivity contribution in [2.75, 3.05) is 0 Å². The molecule has 1 nitrogen and oxygen atoms in total. The van der Waals surface area contributed by atoms with Gasteiger partial charge in [-0.3, -0.25) is 0 Å². The lowest BCUT2D eigenvalue weighted by Crippen LogP contribution is -2.16. The van der Waals surface area contributed by atoms with E-state index >= 15 is 0 Å². The zero-order chi connectivity index (χ0) is 8.86. The summed E-state index contributed by atoms with van der Waals surface area (Å²) in [7, 11) is 0. The molecule has 1 saturated carbocycles. The van der Waals surface area contributed by atoms with Crippen LogP contribution in [-0.4, -0.2) is 6.04 Å². The second kappa shape index (κ2) is 2.22. The minimum atomic E-state index is 0.362. The molecule has 0 unspecified atom stereocenters. The molecule has 0 bridgehead atoms. The second-order valence-electron chi connectivity index (χ2n) is 5.21. The highest BCUT2D eigenvalue weighted by Gasteiger charge is 2.63. The van der Waals surface area contributed by atoms with E-state index in [1.54, 1.807) is 0 Å². The summed E-state index contributed by atoms with van der Waals surface area (Å²) in [6.07, 6.45) is 1.18. The summed E-state index contributed by atoms with van der Waals surface area (Å²) in [5.41, 5.74) is 6.80. The number of hydrogen-bond donors (Lipinski definition) is 1. The maximum Gasteiger partial charge on any atom is 0.00135 e. The van der Waals surface area contributed by atoms with Crippen LogP contribution in [0.25, 0.3) is 0 Å². The molecular formula is C10H21N. The van der Waals surface area contributed by atoms with Crippen LogP contribution in [0.4, 0.5) is 0 Å². The van der Waals surface area contributed by atoms with Gasteiger partial charge in [0.05, 0.1) is 0 Å². The number of rotatable bonds is 2. The van der Waals surface area contributed by atoms with Gasteiger partial charge in [-0.2, -0.15) is 0 Å².